The van der Waals surface area contributed by atoms with Crippen LogP contribution in [0.4, 0.5) is 0 Å². The quantitative estimate of drug-likeness (QED) is 0.299. The Balaban J connectivity index is 1.66. The average molecular weight is 342 g/mol. The number of hydrogen-bond acceptors (Lipinski definition) is 0. The zero-order chi connectivity index (χ0) is 17.5. The molecule has 4 aromatic rings. The van der Waals surface area contributed by atoms with Crippen molar-refractivity contribution in [3.8, 4) is 33.4 Å². The van der Waals surface area contributed by atoms with Crippen LogP contribution in [-0.4, -0.2) is 0 Å². The summed E-state index contributed by atoms with van der Waals surface area (Å²) in [4.78, 5) is 0. The van der Waals surface area contributed by atoms with Crippen molar-refractivity contribution in [1.82, 2.24) is 0 Å². The molecule has 0 spiro atoms. The minimum atomic E-state index is 1.07. The Labute approximate surface area is 159 Å². The lowest BCUT2D eigenvalue weighted by Crippen LogP contribution is -1.97. The Kier molecular flexibility index (Phi) is 2.48. The van der Waals surface area contributed by atoms with Crippen LogP contribution in [0.15, 0.2) is 72.8 Å². The molecule has 0 atom stereocenters. The van der Waals surface area contributed by atoms with Gasteiger partial charge in [-0.25, -0.2) is 0 Å². The van der Waals surface area contributed by atoms with E-state index in [1.807, 2.05) is 0 Å². The second-order valence-corrected chi connectivity index (χ2v) is 8.06. The molecule has 0 unspecified atom stereocenters. The molecule has 126 valence electrons. The molecule has 27 heavy (non-hydrogen) atoms. The molecule has 0 fully saturated rings. The first kappa shape index (κ1) is 14.0. The molecule has 3 aliphatic carbocycles. The summed E-state index contributed by atoms with van der Waals surface area (Å²) in [6.07, 6.45) is 3.24. The van der Waals surface area contributed by atoms with E-state index < -0.39 is 0 Å². The summed E-state index contributed by atoms with van der Waals surface area (Å²) in [5.74, 6) is 0. The van der Waals surface area contributed by atoms with Gasteiger partial charge in [-0.1, -0.05) is 72.8 Å². The van der Waals surface area contributed by atoms with Crippen LogP contribution in [0.25, 0.3) is 33.4 Å². The normalized spacial score (nSPS) is 14.2. The summed E-state index contributed by atoms with van der Waals surface area (Å²) in [5, 5.41) is 0. The van der Waals surface area contributed by atoms with Crippen molar-refractivity contribution >= 4 is 0 Å². The highest BCUT2D eigenvalue weighted by molar-refractivity contribution is 6.02. The maximum absolute atomic E-state index is 2.33. The van der Waals surface area contributed by atoms with E-state index in [4.69, 9.17) is 0 Å². The molecule has 0 N–H and O–H groups in total. The highest BCUT2D eigenvalue weighted by atomic mass is 14.4. The standard InChI is InChI=1S/C27H18/c1-4-10-19-16(7-1)13-22-23-14-17-8-2-5-11-20(17)26(23)27-21-12-6-3-9-18(21)15-24(27)25(19)22/h1-12H,13-15H2. The van der Waals surface area contributed by atoms with Crippen molar-refractivity contribution in [2.45, 2.75) is 19.3 Å². The average Bonchev–Trinajstić information content (AvgIpc) is 3.38. The van der Waals surface area contributed by atoms with Gasteiger partial charge in [0, 0.05) is 0 Å². The van der Waals surface area contributed by atoms with Gasteiger partial charge in [-0.3, -0.25) is 0 Å². The molecule has 0 heteroatoms. The van der Waals surface area contributed by atoms with Gasteiger partial charge in [0.1, 0.15) is 0 Å². The molecular formula is C27H18. The van der Waals surface area contributed by atoms with E-state index >= 15 is 0 Å². The van der Waals surface area contributed by atoms with Gasteiger partial charge in [-0.15, -0.1) is 0 Å². The Morgan fingerprint density at radius 3 is 1.30 bits per heavy atom. The summed E-state index contributed by atoms with van der Waals surface area (Å²) in [6.45, 7) is 0. The van der Waals surface area contributed by atoms with Crippen molar-refractivity contribution in [3.05, 3.63) is 106 Å². The molecule has 0 aromatic heterocycles. The second kappa shape index (κ2) is 4.78. The number of benzene rings is 4. The highest BCUT2D eigenvalue weighted by Crippen LogP contribution is 2.56. The van der Waals surface area contributed by atoms with Crippen molar-refractivity contribution in [2.75, 3.05) is 0 Å². The lowest BCUT2D eigenvalue weighted by molar-refractivity contribution is 1.15. The van der Waals surface area contributed by atoms with E-state index in [-0.39, 0.29) is 0 Å². The molecule has 0 nitrogen and oxygen atoms in total. The van der Waals surface area contributed by atoms with Crippen LogP contribution >= 0.6 is 0 Å². The predicted molar refractivity (Wildman–Crippen MR) is 111 cm³/mol. The van der Waals surface area contributed by atoms with Gasteiger partial charge in [0.05, 0.1) is 0 Å². The molecule has 0 amide bonds. The van der Waals surface area contributed by atoms with E-state index in [9.17, 15) is 0 Å². The van der Waals surface area contributed by atoms with E-state index in [0.29, 0.717) is 0 Å². The first-order chi connectivity index (χ1) is 13.4. The molecule has 0 saturated heterocycles. The topological polar surface area (TPSA) is 0 Å². The SMILES string of the molecule is c1ccc2c(c1)Cc1c3c(c4c(c1-2)Cc1ccccc1-4)-c1ccccc1C3. The molecule has 0 aliphatic heterocycles. The number of rotatable bonds is 0. The van der Waals surface area contributed by atoms with Gasteiger partial charge in [-0.05, 0) is 86.0 Å². The molecule has 3 aliphatic rings. The first-order valence-electron chi connectivity index (χ1n) is 9.85. The van der Waals surface area contributed by atoms with Gasteiger partial charge >= 0.3 is 0 Å². The van der Waals surface area contributed by atoms with E-state index in [1.165, 1.54) is 44.5 Å². The third-order valence-electron chi connectivity index (χ3n) is 6.78. The second-order valence-electron chi connectivity index (χ2n) is 8.06. The maximum Gasteiger partial charge on any atom is -0.000695 e. The van der Waals surface area contributed by atoms with E-state index in [2.05, 4.69) is 72.8 Å². The van der Waals surface area contributed by atoms with E-state index in [1.54, 1.807) is 22.3 Å². The van der Waals surface area contributed by atoms with E-state index in [0.717, 1.165) is 19.3 Å². The largest absolute Gasteiger partial charge is 0.0619 e. The fraction of sp³-hybridized carbons (Fsp3) is 0.111. The lowest BCUT2D eigenvalue weighted by Gasteiger charge is -2.17. The molecule has 0 radical (unpaired) electrons. The predicted octanol–water partition coefficient (Wildman–Crippen LogP) is 6.40. The summed E-state index contributed by atoms with van der Waals surface area (Å²) >= 11 is 0. The summed E-state index contributed by atoms with van der Waals surface area (Å²) in [5.41, 5.74) is 18.2. The third kappa shape index (κ3) is 1.64. The Morgan fingerprint density at radius 2 is 0.741 bits per heavy atom. The van der Waals surface area contributed by atoms with Crippen molar-refractivity contribution < 1.29 is 0 Å². The molecule has 0 bridgehead atoms. The molecule has 0 saturated carbocycles. The monoisotopic (exact) mass is 342 g/mol. The zero-order valence-corrected chi connectivity index (χ0v) is 15.0. The Morgan fingerprint density at radius 1 is 0.370 bits per heavy atom. The van der Waals surface area contributed by atoms with Crippen LogP contribution in [0.2, 0.25) is 0 Å². The van der Waals surface area contributed by atoms with Gasteiger partial charge in [-0.2, -0.15) is 0 Å². The third-order valence-corrected chi connectivity index (χ3v) is 6.78. The molecule has 4 aromatic carbocycles. The Bertz CT molecular complexity index is 1290. The first-order valence-corrected chi connectivity index (χ1v) is 9.85. The van der Waals surface area contributed by atoms with Crippen LogP contribution in [0.5, 0.6) is 0 Å². The number of hydrogen-bond donors (Lipinski definition) is 0. The van der Waals surface area contributed by atoms with Gasteiger partial charge < -0.3 is 0 Å². The van der Waals surface area contributed by atoms with Crippen LogP contribution < -0.4 is 0 Å². The minimum absolute atomic E-state index is 1.07. The van der Waals surface area contributed by atoms with Crippen molar-refractivity contribution in [3.63, 3.8) is 0 Å². The van der Waals surface area contributed by atoms with Crippen LogP contribution in [-0.2, 0) is 19.3 Å². The molecular weight excluding hydrogens is 324 g/mol. The van der Waals surface area contributed by atoms with Crippen molar-refractivity contribution in [1.29, 1.82) is 0 Å². The summed E-state index contributed by atoms with van der Waals surface area (Å²) in [7, 11) is 0. The van der Waals surface area contributed by atoms with Gasteiger partial charge in [0.15, 0.2) is 0 Å². The Hall–Kier alpha value is -3.12. The van der Waals surface area contributed by atoms with Crippen LogP contribution in [0.1, 0.15) is 33.4 Å². The van der Waals surface area contributed by atoms with Gasteiger partial charge in [0.25, 0.3) is 0 Å². The smallest absolute Gasteiger partial charge is 0.000695 e. The molecule has 7 rings (SSSR count). The van der Waals surface area contributed by atoms with Gasteiger partial charge in [0.2, 0.25) is 0 Å². The maximum atomic E-state index is 2.33. The van der Waals surface area contributed by atoms with Crippen LogP contribution in [0.3, 0.4) is 0 Å². The minimum Gasteiger partial charge on any atom is -0.0619 e. The number of fused-ring (bicyclic) bond motifs is 12. The van der Waals surface area contributed by atoms with Crippen LogP contribution in [0, 0.1) is 0 Å². The zero-order valence-electron chi connectivity index (χ0n) is 15.0. The van der Waals surface area contributed by atoms with Crippen molar-refractivity contribution in [2.24, 2.45) is 0 Å². The highest BCUT2D eigenvalue weighted by Gasteiger charge is 2.36. The molecule has 0 heterocycles. The fourth-order valence-corrected chi connectivity index (χ4v) is 5.72. The fourth-order valence-electron chi connectivity index (χ4n) is 5.72. The summed E-state index contributed by atoms with van der Waals surface area (Å²) < 4.78 is 0. The summed E-state index contributed by atoms with van der Waals surface area (Å²) in [6, 6.07) is 27.1. The lowest BCUT2D eigenvalue weighted by atomic mass is 9.86.